The van der Waals surface area contributed by atoms with Gasteiger partial charge in [0, 0.05) is 11.1 Å². The van der Waals surface area contributed by atoms with E-state index >= 15 is 0 Å². The van der Waals surface area contributed by atoms with E-state index < -0.39 is 5.91 Å². The molecule has 0 atom stereocenters. The van der Waals surface area contributed by atoms with Crippen molar-refractivity contribution in [3.63, 3.8) is 0 Å². The molecule has 0 spiro atoms. The van der Waals surface area contributed by atoms with Crippen LogP contribution in [0.2, 0.25) is 0 Å². The number of nitrogens with one attached hydrogen (secondary N) is 3. The van der Waals surface area contributed by atoms with E-state index in [9.17, 15) is 14.4 Å². The second-order valence-electron chi connectivity index (χ2n) is 6.31. The molecule has 2 aromatic carbocycles. The fourth-order valence-corrected chi connectivity index (χ4v) is 2.21. The maximum atomic E-state index is 12.3. The lowest BCUT2D eigenvalue weighted by atomic mass is 10.0. The third-order valence-electron chi connectivity index (χ3n) is 3.72. The van der Waals surface area contributed by atoms with E-state index in [1.807, 2.05) is 32.3 Å². The highest BCUT2D eigenvalue weighted by Crippen LogP contribution is 2.15. The molecule has 2 aromatic rings. The summed E-state index contributed by atoms with van der Waals surface area (Å²) >= 11 is 0. The van der Waals surface area contributed by atoms with Crippen molar-refractivity contribution in [1.82, 2.24) is 10.9 Å². The second kappa shape index (κ2) is 10.1. The van der Waals surface area contributed by atoms with Crippen molar-refractivity contribution >= 4 is 17.6 Å². The van der Waals surface area contributed by atoms with Crippen molar-refractivity contribution in [3.05, 3.63) is 65.7 Å². The largest absolute Gasteiger partial charge is 0.484 e. The molecule has 7 nitrogen and oxygen atoms in total. The Hall–Kier alpha value is -3.19. The Morgan fingerprint density at radius 2 is 1.44 bits per heavy atom. The summed E-state index contributed by atoms with van der Waals surface area (Å²) in [6, 6.07) is 15.5. The Morgan fingerprint density at radius 3 is 2.07 bits per heavy atom. The summed E-state index contributed by atoms with van der Waals surface area (Å²) in [6.45, 7) is 0.428. The fourth-order valence-electron chi connectivity index (χ4n) is 2.21. The van der Waals surface area contributed by atoms with Crippen LogP contribution in [0.3, 0.4) is 0 Å². The van der Waals surface area contributed by atoms with Crippen molar-refractivity contribution in [3.8, 4) is 5.75 Å². The Labute approximate surface area is 158 Å². The van der Waals surface area contributed by atoms with Gasteiger partial charge in [-0.2, -0.15) is 0 Å². The minimum atomic E-state index is -0.468. The van der Waals surface area contributed by atoms with Gasteiger partial charge in [-0.1, -0.05) is 30.3 Å². The summed E-state index contributed by atoms with van der Waals surface area (Å²) in [5.74, 6) is -0.349. The number of ketones is 1. The fraction of sp³-hybridized carbons (Fsp3) is 0.250. The highest BCUT2D eigenvalue weighted by molar-refractivity contribution is 6.08. The number of ether oxygens (including phenoxy) is 1. The minimum Gasteiger partial charge on any atom is -0.484 e. The van der Waals surface area contributed by atoms with Gasteiger partial charge < -0.3 is 9.64 Å². The van der Waals surface area contributed by atoms with Crippen LogP contribution in [-0.4, -0.2) is 44.8 Å². The molecule has 0 aliphatic rings. The highest BCUT2D eigenvalue weighted by atomic mass is 16.5. The molecule has 3 N–H and O–H groups in total. The van der Waals surface area contributed by atoms with E-state index in [0.29, 0.717) is 29.8 Å². The number of carbonyl (C=O) groups is 3. The summed E-state index contributed by atoms with van der Waals surface area (Å²) in [5, 5.41) is 0. The molecule has 0 heterocycles. The van der Waals surface area contributed by atoms with E-state index in [0.717, 1.165) is 4.90 Å². The van der Waals surface area contributed by atoms with Crippen molar-refractivity contribution in [2.45, 2.75) is 6.42 Å². The van der Waals surface area contributed by atoms with Crippen LogP contribution in [0.1, 0.15) is 22.3 Å². The summed E-state index contributed by atoms with van der Waals surface area (Å²) in [6.07, 6.45) is 0.320. The summed E-state index contributed by atoms with van der Waals surface area (Å²) < 4.78 is 5.36. The minimum absolute atomic E-state index is 0.0813. The molecule has 0 aliphatic heterocycles. The first-order valence-corrected chi connectivity index (χ1v) is 8.65. The second-order valence-corrected chi connectivity index (χ2v) is 6.31. The molecule has 2 rings (SSSR count). The molecule has 0 saturated heterocycles. The summed E-state index contributed by atoms with van der Waals surface area (Å²) in [7, 11) is 3.89. The Balaban J connectivity index is 1.77. The van der Waals surface area contributed by atoms with Gasteiger partial charge in [0.1, 0.15) is 5.75 Å². The molecule has 0 radical (unpaired) electrons. The monoisotopic (exact) mass is 370 g/mol. The molecular weight excluding hydrogens is 346 g/mol. The van der Waals surface area contributed by atoms with Gasteiger partial charge >= 0.3 is 0 Å². The Bertz CT molecular complexity index is 774. The van der Waals surface area contributed by atoms with Crippen LogP contribution < -0.4 is 20.5 Å². The Kier molecular flexibility index (Phi) is 7.51. The van der Waals surface area contributed by atoms with E-state index in [1.165, 1.54) is 0 Å². The molecule has 142 valence electrons. The van der Waals surface area contributed by atoms with Crippen LogP contribution in [0.15, 0.2) is 54.6 Å². The van der Waals surface area contributed by atoms with Crippen LogP contribution in [0.5, 0.6) is 5.75 Å². The first-order chi connectivity index (χ1) is 13.0. The lowest BCUT2D eigenvalue weighted by Gasteiger charge is -2.10. The van der Waals surface area contributed by atoms with Crippen molar-refractivity contribution in [2.24, 2.45) is 0 Å². The predicted molar refractivity (Wildman–Crippen MR) is 100 cm³/mol. The summed E-state index contributed by atoms with van der Waals surface area (Å²) in [5.41, 5.74) is 5.78. The van der Waals surface area contributed by atoms with Crippen LogP contribution in [-0.2, 0) is 9.59 Å². The highest BCUT2D eigenvalue weighted by Gasteiger charge is 2.10. The van der Waals surface area contributed by atoms with Gasteiger partial charge in [-0.25, -0.2) is 0 Å². The van der Waals surface area contributed by atoms with E-state index in [2.05, 4.69) is 10.9 Å². The topological polar surface area (TPSA) is 88.9 Å². The van der Waals surface area contributed by atoms with Gasteiger partial charge in [0.15, 0.2) is 12.4 Å². The smallest absolute Gasteiger partial charge is 0.276 e. The number of quaternary nitrogens is 1. The zero-order valence-corrected chi connectivity index (χ0v) is 15.5. The number of hydrazine groups is 1. The maximum Gasteiger partial charge on any atom is 0.276 e. The lowest BCUT2D eigenvalue weighted by Crippen LogP contribution is -3.05. The molecule has 0 unspecified atom stereocenters. The summed E-state index contributed by atoms with van der Waals surface area (Å²) in [4.78, 5) is 36.7. The molecular formula is C20H24N3O4+. The first-order valence-electron chi connectivity index (χ1n) is 8.65. The molecule has 7 heteroatoms. The van der Waals surface area contributed by atoms with Crippen LogP contribution in [0.25, 0.3) is 0 Å². The molecule has 0 aromatic heterocycles. The van der Waals surface area contributed by atoms with Crippen LogP contribution in [0.4, 0.5) is 0 Å². The predicted octanol–water partition coefficient (Wildman–Crippen LogP) is -0.0216. The van der Waals surface area contributed by atoms with Gasteiger partial charge in [-0.3, -0.25) is 25.2 Å². The zero-order valence-electron chi connectivity index (χ0n) is 15.5. The zero-order chi connectivity index (χ0) is 19.6. The van der Waals surface area contributed by atoms with Gasteiger partial charge in [-0.15, -0.1) is 0 Å². The number of rotatable bonds is 8. The number of benzene rings is 2. The number of amides is 2. The molecule has 0 aliphatic carbocycles. The molecule has 2 amide bonds. The van der Waals surface area contributed by atoms with Gasteiger partial charge in [0.25, 0.3) is 5.91 Å². The third-order valence-corrected chi connectivity index (χ3v) is 3.72. The van der Waals surface area contributed by atoms with Gasteiger partial charge in [0.05, 0.1) is 27.1 Å². The van der Waals surface area contributed by atoms with E-state index in [1.54, 1.807) is 36.4 Å². The third kappa shape index (κ3) is 6.91. The van der Waals surface area contributed by atoms with Gasteiger partial charge in [0.2, 0.25) is 5.91 Å². The van der Waals surface area contributed by atoms with Crippen LogP contribution >= 0.6 is 0 Å². The SMILES string of the molecule is C[NH+](C)CCC(=O)NNC(=O)COc1ccc(C(=O)c2ccccc2)cc1. The number of hydrogen-bond acceptors (Lipinski definition) is 4. The molecule has 0 bridgehead atoms. The van der Waals surface area contributed by atoms with Crippen LogP contribution in [0, 0.1) is 0 Å². The lowest BCUT2D eigenvalue weighted by molar-refractivity contribution is -0.857. The van der Waals surface area contributed by atoms with E-state index in [-0.39, 0.29) is 18.3 Å². The normalized spacial score (nSPS) is 10.3. The molecule has 27 heavy (non-hydrogen) atoms. The number of hydrogen-bond donors (Lipinski definition) is 3. The van der Waals surface area contributed by atoms with Crippen molar-refractivity contribution < 1.29 is 24.0 Å². The quantitative estimate of drug-likeness (QED) is 0.450. The molecule has 0 saturated carbocycles. The number of carbonyl (C=O) groups excluding carboxylic acids is 3. The standard InChI is InChI=1S/C20H23N3O4/c1-23(2)13-12-18(24)21-22-19(25)14-27-17-10-8-16(9-11-17)20(26)15-6-4-3-5-7-15/h3-11H,12-14H2,1-2H3,(H,21,24)(H,22,25)/p+1. The maximum absolute atomic E-state index is 12.3. The Morgan fingerprint density at radius 1 is 0.852 bits per heavy atom. The van der Waals surface area contributed by atoms with Crippen molar-refractivity contribution in [2.75, 3.05) is 27.2 Å². The van der Waals surface area contributed by atoms with Crippen molar-refractivity contribution in [1.29, 1.82) is 0 Å². The molecule has 0 fully saturated rings. The average molecular weight is 370 g/mol. The first kappa shape index (κ1) is 20.1. The van der Waals surface area contributed by atoms with E-state index in [4.69, 9.17) is 4.74 Å². The van der Waals surface area contributed by atoms with Gasteiger partial charge in [-0.05, 0) is 24.3 Å². The average Bonchev–Trinajstić information content (AvgIpc) is 2.69.